The summed E-state index contributed by atoms with van der Waals surface area (Å²) in [6.45, 7) is 2.97. The Hall–Kier alpha value is -3.76. The molecule has 2 aromatic carbocycles. The molecule has 0 atom stereocenters. The number of amides is 1. The van der Waals surface area contributed by atoms with Gasteiger partial charge in [0.05, 0.1) is 28.3 Å². The van der Waals surface area contributed by atoms with Crippen molar-refractivity contribution in [1.82, 2.24) is 19.9 Å². The molecule has 3 heterocycles. The number of aromatic amines is 1. The number of rotatable bonds is 7. The molecule has 2 aromatic heterocycles. The number of pyridine rings is 1. The molecule has 1 N–H and O–H groups in total. The lowest BCUT2D eigenvalue weighted by Crippen LogP contribution is -2.40. The van der Waals surface area contributed by atoms with E-state index in [9.17, 15) is 13.2 Å². The third-order valence-corrected chi connectivity index (χ3v) is 7.56. The van der Waals surface area contributed by atoms with Crippen molar-refractivity contribution in [1.29, 1.82) is 0 Å². The number of imidazole rings is 1. The maximum absolute atomic E-state index is 12.4. The van der Waals surface area contributed by atoms with Gasteiger partial charge in [0.15, 0.2) is 15.7 Å². The molecule has 1 aliphatic rings. The lowest BCUT2D eigenvalue weighted by Gasteiger charge is -2.27. The smallest absolute Gasteiger partial charge is 0.248 e. The Morgan fingerprint density at radius 1 is 1.14 bits per heavy atom. The van der Waals surface area contributed by atoms with Crippen molar-refractivity contribution in [2.75, 3.05) is 25.5 Å². The zero-order valence-corrected chi connectivity index (χ0v) is 19.9. The second-order valence-electron chi connectivity index (χ2n) is 8.12. The molecule has 1 fully saturated rings. The summed E-state index contributed by atoms with van der Waals surface area (Å²) in [7, 11) is -3.31. The SMILES string of the molecule is CCS(=O)(=O)c1ccc(Oc2cc3nc(-c4ccccn4)[nH]c3cc2CN2CCOCC2=O)cc1. The maximum atomic E-state index is 12.4. The van der Waals surface area contributed by atoms with Crippen LogP contribution >= 0.6 is 0 Å². The Bertz CT molecular complexity index is 1470. The predicted molar refractivity (Wildman–Crippen MR) is 130 cm³/mol. The summed E-state index contributed by atoms with van der Waals surface area (Å²) in [5.74, 6) is 1.58. The van der Waals surface area contributed by atoms with Gasteiger partial charge in [-0.2, -0.15) is 0 Å². The van der Waals surface area contributed by atoms with Crippen molar-refractivity contribution in [3.05, 3.63) is 66.4 Å². The first-order valence-corrected chi connectivity index (χ1v) is 12.9. The molecule has 1 amide bonds. The molecule has 4 aromatic rings. The summed E-state index contributed by atoms with van der Waals surface area (Å²) in [5.41, 5.74) is 2.97. The molecule has 0 spiro atoms. The lowest BCUT2D eigenvalue weighted by atomic mass is 10.1. The standard InChI is InChI=1S/C25H24N4O5S/c1-2-35(31,32)19-8-6-18(7-9-19)34-23-14-22-21(27-25(28-22)20-5-3-4-10-26-20)13-17(23)15-29-11-12-33-16-24(29)30/h3-10,13-14H,2,11-12,15-16H2,1H3,(H,27,28). The first-order valence-electron chi connectivity index (χ1n) is 11.2. The highest BCUT2D eigenvalue weighted by atomic mass is 32.2. The van der Waals surface area contributed by atoms with Crippen molar-refractivity contribution in [2.45, 2.75) is 18.4 Å². The molecule has 1 saturated heterocycles. The van der Waals surface area contributed by atoms with Crippen molar-refractivity contribution >= 4 is 26.8 Å². The average molecular weight is 493 g/mol. The van der Waals surface area contributed by atoms with E-state index in [1.165, 1.54) is 12.1 Å². The fourth-order valence-electron chi connectivity index (χ4n) is 3.86. The van der Waals surface area contributed by atoms with Crippen LogP contribution < -0.4 is 4.74 Å². The first-order chi connectivity index (χ1) is 16.9. The molecule has 35 heavy (non-hydrogen) atoms. The van der Waals surface area contributed by atoms with Crippen LogP contribution in [0.5, 0.6) is 11.5 Å². The van der Waals surface area contributed by atoms with E-state index in [2.05, 4.69) is 15.0 Å². The van der Waals surface area contributed by atoms with Crippen LogP contribution in [0.25, 0.3) is 22.6 Å². The Morgan fingerprint density at radius 2 is 1.97 bits per heavy atom. The van der Waals surface area contributed by atoms with Gasteiger partial charge in [-0.05, 0) is 42.5 Å². The number of fused-ring (bicyclic) bond motifs is 1. The van der Waals surface area contributed by atoms with E-state index in [1.807, 2.05) is 30.3 Å². The molecule has 1 aliphatic heterocycles. The van der Waals surface area contributed by atoms with Gasteiger partial charge in [0.2, 0.25) is 5.91 Å². The van der Waals surface area contributed by atoms with Crippen molar-refractivity contribution in [3.8, 4) is 23.0 Å². The number of sulfone groups is 1. The molecule has 0 saturated carbocycles. The number of ether oxygens (including phenoxy) is 2. The number of hydrogen-bond acceptors (Lipinski definition) is 7. The zero-order valence-electron chi connectivity index (χ0n) is 19.1. The predicted octanol–water partition coefficient (Wildman–Crippen LogP) is 3.57. The van der Waals surface area contributed by atoms with Gasteiger partial charge in [0, 0.05) is 30.9 Å². The Kier molecular flexibility index (Phi) is 6.23. The number of carbonyl (C=O) groups excluding carboxylic acids is 1. The van der Waals surface area contributed by atoms with Crippen molar-refractivity contribution < 1.29 is 22.7 Å². The Morgan fingerprint density at radius 3 is 2.69 bits per heavy atom. The second-order valence-corrected chi connectivity index (χ2v) is 10.4. The highest BCUT2D eigenvalue weighted by Gasteiger charge is 2.22. The summed E-state index contributed by atoms with van der Waals surface area (Å²) in [5, 5.41) is 0. The minimum atomic E-state index is -3.31. The van der Waals surface area contributed by atoms with E-state index in [4.69, 9.17) is 9.47 Å². The average Bonchev–Trinajstić information content (AvgIpc) is 3.29. The highest BCUT2D eigenvalue weighted by Crippen LogP contribution is 2.32. The van der Waals surface area contributed by atoms with Gasteiger partial charge in [0.1, 0.15) is 23.8 Å². The summed E-state index contributed by atoms with van der Waals surface area (Å²) in [4.78, 5) is 26.6. The van der Waals surface area contributed by atoms with Gasteiger partial charge < -0.3 is 19.4 Å². The normalized spacial score (nSPS) is 14.4. The second kappa shape index (κ2) is 9.47. The van der Waals surface area contributed by atoms with Crippen LogP contribution in [0.3, 0.4) is 0 Å². The maximum Gasteiger partial charge on any atom is 0.248 e. The molecule has 180 valence electrons. The van der Waals surface area contributed by atoms with Crippen LogP contribution in [0.1, 0.15) is 12.5 Å². The summed E-state index contributed by atoms with van der Waals surface area (Å²) in [6, 6.07) is 15.7. The van der Waals surface area contributed by atoms with E-state index in [-0.39, 0.29) is 23.2 Å². The molecular formula is C25H24N4O5S. The van der Waals surface area contributed by atoms with Crippen LogP contribution in [-0.4, -0.2) is 59.7 Å². The molecule has 0 unspecified atom stereocenters. The molecular weight excluding hydrogens is 468 g/mol. The van der Waals surface area contributed by atoms with E-state index in [0.717, 1.165) is 11.1 Å². The zero-order chi connectivity index (χ0) is 24.4. The summed E-state index contributed by atoms with van der Waals surface area (Å²) in [6.07, 6.45) is 1.70. The summed E-state index contributed by atoms with van der Waals surface area (Å²) < 4.78 is 35.7. The van der Waals surface area contributed by atoms with Gasteiger partial charge in [-0.25, -0.2) is 13.4 Å². The topological polar surface area (TPSA) is 114 Å². The Labute approximate surface area is 202 Å². The molecule has 0 radical (unpaired) electrons. The van der Waals surface area contributed by atoms with Gasteiger partial charge in [-0.3, -0.25) is 9.78 Å². The number of benzene rings is 2. The van der Waals surface area contributed by atoms with Gasteiger partial charge in [-0.1, -0.05) is 13.0 Å². The fraction of sp³-hybridized carbons (Fsp3) is 0.240. The van der Waals surface area contributed by atoms with E-state index in [1.54, 1.807) is 30.2 Å². The van der Waals surface area contributed by atoms with Crippen LogP contribution in [0.4, 0.5) is 0 Å². The first kappa shape index (κ1) is 23.0. The number of nitrogens with zero attached hydrogens (tertiary/aromatic N) is 3. The van der Waals surface area contributed by atoms with E-state index >= 15 is 0 Å². The minimum Gasteiger partial charge on any atom is -0.457 e. The third kappa shape index (κ3) is 4.89. The Balaban J connectivity index is 1.52. The number of nitrogens with one attached hydrogen (secondary N) is 1. The lowest BCUT2D eigenvalue weighted by molar-refractivity contribution is -0.143. The highest BCUT2D eigenvalue weighted by molar-refractivity contribution is 7.91. The van der Waals surface area contributed by atoms with Crippen molar-refractivity contribution in [2.24, 2.45) is 0 Å². The van der Waals surface area contributed by atoms with E-state index < -0.39 is 9.84 Å². The van der Waals surface area contributed by atoms with Gasteiger partial charge in [0.25, 0.3) is 0 Å². The van der Waals surface area contributed by atoms with Crippen LogP contribution in [-0.2, 0) is 25.9 Å². The van der Waals surface area contributed by atoms with Crippen LogP contribution in [0.15, 0.2) is 65.7 Å². The van der Waals surface area contributed by atoms with Crippen molar-refractivity contribution in [3.63, 3.8) is 0 Å². The van der Waals surface area contributed by atoms with Gasteiger partial charge >= 0.3 is 0 Å². The number of morpholine rings is 1. The van der Waals surface area contributed by atoms with Gasteiger partial charge in [-0.15, -0.1) is 0 Å². The monoisotopic (exact) mass is 492 g/mol. The van der Waals surface area contributed by atoms with Crippen LogP contribution in [0, 0.1) is 0 Å². The number of carbonyl (C=O) groups is 1. The van der Waals surface area contributed by atoms with Crippen LogP contribution in [0.2, 0.25) is 0 Å². The molecule has 9 nitrogen and oxygen atoms in total. The molecule has 10 heteroatoms. The molecule has 5 rings (SSSR count). The summed E-state index contributed by atoms with van der Waals surface area (Å²) >= 11 is 0. The number of H-pyrrole nitrogens is 1. The number of hydrogen-bond donors (Lipinski definition) is 1. The quantitative estimate of drug-likeness (QED) is 0.419. The minimum absolute atomic E-state index is 0.0271. The number of aromatic nitrogens is 3. The molecule has 0 aliphatic carbocycles. The molecule has 0 bridgehead atoms. The third-order valence-electron chi connectivity index (χ3n) is 5.81. The largest absolute Gasteiger partial charge is 0.457 e. The fourth-order valence-corrected chi connectivity index (χ4v) is 4.74. The van der Waals surface area contributed by atoms with E-state index in [0.29, 0.717) is 48.2 Å².